The van der Waals surface area contributed by atoms with Gasteiger partial charge in [0.05, 0.1) is 5.52 Å². The van der Waals surface area contributed by atoms with Gasteiger partial charge in [0.25, 0.3) is 0 Å². The second-order valence-corrected chi connectivity index (χ2v) is 4.94. The summed E-state index contributed by atoms with van der Waals surface area (Å²) in [7, 11) is -1.50. The number of pyridine rings is 1. The first kappa shape index (κ1) is 15.8. The largest absolute Gasteiger partial charge is 0.489 e. The molecule has 0 amide bonds. The molecule has 21 heavy (non-hydrogen) atoms. The molecule has 0 spiro atoms. The summed E-state index contributed by atoms with van der Waals surface area (Å²) >= 11 is 0. The van der Waals surface area contributed by atoms with Crippen molar-refractivity contribution in [2.45, 2.75) is 13.8 Å². The van der Waals surface area contributed by atoms with E-state index < -0.39 is 7.12 Å². The van der Waals surface area contributed by atoms with Gasteiger partial charge >= 0.3 is 7.12 Å². The molecular weight excluding hydrogens is 265 g/mol. The van der Waals surface area contributed by atoms with Gasteiger partial charge in [-0.2, -0.15) is 0 Å². The molecule has 3 N–H and O–H groups in total. The third-order valence-corrected chi connectivity index (χ3v) is 3.65. The lowest BCUT2D eigenvalue weighted by atomic mass is 9.78. The molecule has 0 bridgehead atoms. The number of hydrogen-bond donors (Lipinski definition) is 3. The van der Waals surface area contributed by atoms with Crippen molar-refractivity contribution in [1.29, 1.82) is 0 Å². The predicted molar refractivity (Wildman–Crippen MR) is 87.8 cm³/mol. The Bertz CT molecular complexity index is 588. The Morgan fingerprint density at radius 3 is 2.57 bits per heavy atom. The Morgan fingerprint density at radius 1 is 1.19 bits per heavy atom. The van der Waals surface area contributed by atoms with Crippen molar-refractivity contribution >= 4 is 29.3 Å². The lowest BCUT2D eigenvalue weighted by molar-refractivity contribution is 0.316. The van der Waals surface area contributed by atoms with Gasteiger partial charge in [0, 0.05) is 18.5 Å². The highest BCUT2D eigenvalue weighted by Crippen LogP contribution is 2.13. The smallest absolute Gasteiger partial charge is 0.423 e. The van der Waals surface area contributed by atoms with Crippen LogP contribution >= 0.6 is 0 Å². The van der Waals surface area contributed by atoms with Crippen LogP contribution < -0.4 is 10.8 Å². The number of fused-ring (bicyclic) bond motifs is 1. The van der Waals surface area contributed by atoms with E-state index in [1.54, 1.807) is 6.07 Å². The first-order valence-corrected chi connectivity index (χ1v) is 7.37. The fourth-order valence-corrected chi connectivity index (χ4v) is 2.39. The van der Waals surface area contributed by atoms with Crippen LogP contribution in [0.15, 0.2) is 30.3 Å². The van der Waals surface area contributed by atoms with Gasteiger partial charge in [-0.05, 0) is 30.7 Å². The number of likely N-dealkylation sites (N-methyl/N-ethyl adjacent to an activating group) is 1. The van der Waals surface area contributed by atoms with E-state index in [9.17, 15) is 10.0 Å². The van der Waals surface area contributed by atoms with Crippen LogP contribution in [0.2, 0.25) is 0 Å². The Labute approximate surface area is 125 Å². The molecule has 0 atom stereocenters. The molecule has 0 radical (unpaired) electrons. The van der Waals surface area contributed by atoms with Crippen LogP contribution in [0.1, 0.15) is 13.8 Å². The molecule has 0 aliphatic heterocycles. The number of nitrogens with zero attached hydrogens (tertiary/aromatic N) is 2. The van der Waals surface area contributed by atoms with Crippen molar-refractivity contribution in [2.75, 3.05) is 31.5 Å². The topological polar surface area (TPSA) is 68.6 Å². The van der Waals surface area contributed by atoms with Crippen LogP contribution in [0.5, 0.6) is 0 Å². The Kier molecular flexibility index (Phi) is 5.55. The summed E-state index contributed by atoms with van der Waals surface area (Å²) in [4.78, 5) is 6.83. The molecule has 0 saturated heterocycles. The van der Waals surface area contributed by atoms with Gasteiger partial charge in [-0.3, -0.25) is 0 Å². The van der Waals surface area contributed by atoms with Crippen LogP contribution in [-0.4, -0.2) is 53.2 Å². The van der Waals surface area contributed by atoms with E-state index in [0.29, 0.717) is 11.3 Å². The first-order valence-electron chi connectivity index (χ1n) is 7.37. The maximum Gasteiger partial charge on any atom is 0.489 e. The van der Waals surface area contributed by atoms with E-state index in [0.717, 1.165) is 37.1 Å². The molecule has 1 aromatic carbocycles. The van der Waals surface area contributed by atoms with Gasteiger partial charge in [-0.25, -0.2) is 4.98 Å². The molecule has 2 aromatic rings. The van der Waals surface area contributed by atoms with Gasteiger partial charge in [0.2, 0.25) is 0 Å². The Hall–Kier alpha value is -1.63. The highest BCUT2D eigenvalue weighted by atomic mass is 16.4. The zero-order valence-electron chi connectivity index (χ0n) is 12.6. The maximum atomic E-state index is 9.53. The number of rotatable bonds is 7. The third kappa shape index (κ3) is 3.94. The minimum absolute atomic E-state index is 0.478. The highest BCUT2D eigenvalue weighted by molar-refractivity contribution is 6.62. The van der Waals surface area contributed by atoms with E-state index in [-0.39, 0.29) is 0 Å². The number of anilines is 1. The summed E-state index contributed by atoms with van der Waals surface area (Å²) in [6.45, 7) is 8.01. The Balaban J connectivity index is 2.17. The molecule has 1 heterocycles. The molecule has 2 rings (SSSR count). The summed E-state index contributed by atoms with van der Waals surface area (Å²) in [6.07, 6.45) is 0. The molecule has 0 fully saturated rings. The molecule has 1 aromatic heterocycles. The molecule has 6 heteroatoms. The van der Waals surface area contributed by atoms with Gasteiger partial charge in [-0.1, -0.05) is 32.0 Å². The number of nitrogens with one attached hydrogen (secondary N) is 1. The Morgan fingerprint density at radius 2 is 1.90 bits per heavy atom. The van der Waals surface area contributed by atoms with E-state index >= 15 is 0 Å². The van der Waals surface area contributed by atoms with E-state index in [1.807, 2.05) is 24.3 Å². The number of aromatic nitrogens is 1. The minimum atomic E-state index is -1.50. The summed E-state index contributed by atoms with van der Waals surface area (Å²) in [5, 5.41) is 23.1. The second-order valence-electron chi connectivity index (χ2n) is 4.94. The van der Waals surface area contributed by atoms with Crippen molar-refractivity contribution in [3.8, 4) is 0 Å². The summed E-state index contributed by atoms with van der Waals surface area (Å²) < 4.78 is 0. The van der Waals surface area contributed by atoms with Crippen molar-refractivity contribution in [2.24, 2.45) is 0 Å². The van der Waals surface area contributed by atoms with Gasteiger partial charge in [0.15, 0.2) is 0 Å². The fourth-order valence-electron chi connectivity index (χ4n) is 2.39. The molecule has 0 saturated carbocycles. The minimum Gasteiger partial charge on any atom is -0.423 e. The quantitative estimate of drug-likeness (QED) is 0.653. The van der Waals surface area contributed by atoms with E-state index in [1.165, 1.54) is 0 Å². The zero-order chi connectivity index (χ0) is 15.2. The van der Waals surface area contributed by atoms with Gasteiger partial charge in [0.1, 0.15) is 5.82 Å². The predicted octanol–water partition coefficient (Wildman–Crippen LogP) is 0.668. The number of hydrogen-bond acceptors (Lipinski definition) is 5. The standard InChI is InChI=1S/C15H22BN3O2/c1-3-19(4-2)10-9-17-15-11-13(16(20)21)12-7-5-6-8-14(12)18-15/h5-8,11,20-21H,3-4,9-10H2,1-2H3,(H,17,18). The van der Waals surface area contributed by atoms with Crippen molar-refractivity contribution in [3.05, 3.63) is 30.3 Å². The third-order valence-electron chi connectivity index (χ3n) is 3.65. The molecular formula is C15H22BN3O2. The fraction of sp³-hybridized carbons (Fsp3) is 0.400. The van der Waals surface area contributed by atoms with Crippen LogP contribution in [-0.2, 0) is 0 Å². The van der Waals surface area contributed by atoms with Crippen molar-refractivity contribution < 1.29 is 10.0 Å². The lowest BCUT2D eigenvalue weighted by Gasteiger charge is -2.18. The zero-order valence-corrected chi connectivity index (χ0v) is 12.6. The SMILES string of the molecule is CCN(CC)CCNc1cc(B(O)O)c2ccccc2n1. The van der Waals surface area contributed by atoms with Crippen molar-refractivity contribution in [1.82, 2.24) is 9.88 Å². The molecule has 5 nitrogen and oxygen atoms in total. The van der Waals surface area contributed by atoms with Crippen LogP contribution in [0.4, 0.5) is 5.82 Å². The number of benzene rings is 1. The second kappa shape index (κ2) is 7.40. The molecule has 0 unspecified atom stereocenters. The molecule has 0 aliphatic carbocycles. The highest BCUT2D eigenvalue weighted by Gasteiger charge is 2.16. The first-order chi connectivity index (χ1) is 10.2. The lowest BCUT2D eigenvalue weighted by Crippen LogP contribution is -2.32. The normalized spacial score (nSPS) is 11.1. The summed E-state index contributed by atoms with van der Waals surface area (Å²) in [5.41, 5.74) is 1.24. The van der Waals surface area contributed by atoms with Crippen molar-refractivity contribution in [3.63, 3.8) is 0 Å². The average Bonchev–Trinajstić information content (AvgIpc) is 2.50. The van der Waals surface area contributed by atoms with E-state index in [2.05, 4.69) is 29.0 Å². The molecule has 112 valence electrons. The van der Waals surface area contributed by atoms with Crippen LogP contribution in [0.3, 0.4) is 0 Å². The summed E-state index contributed by atoms with van der Waals surface area (Å²) in [5.74, 6) is 0.670. The monoisotopic (exact) mass is 287 g/mol. The van der Waals surface area contributed by atoms with Crippen LogP contribution in [0.25, 0.3) is 10.9 Å². The van der Waals surface area contributed by atoms with Gasteiger partial charge < -0.3 is 20.3 Å². The van der Waals surface area contributed by atoms with E-state index in [4.69, 9.17) is 0 Å². The average molecular weight is 287 g/mol. The van der Waals surface area contributed by atoms with Crippen LogP contribution in [0, 0.1) is 0 Å². The number of para-hydroxylation sites is 1. The maximum absolute atomic E-state index is 9.53. The molecule has 0 aliphatic rings. The van der Waals surface area contributed by atoms with Gasteiger partial charge in [-0.15, -0.1) is 0 Å². The summed E-state index contributed by atoms with van der Waals surface area (Å²) in [6, 6.07) is 9.18.